The van der Waals surface area contributed by atoms with Crippen LogP contribution in [-0.4, -0.2) is 29.8 Å². The number of amides is 1. The quantitative estimate of drug-likeness (QED) is 0.794. The number of ether oxygens (including phenoxy) is 1. The first-order valence-corrected chi connectivity index (χ1v) is 6.66. The zero-order valence-electron chi connectivity index (χ0n) is 11.8. The first-order chi connectivity index (χ1) is 8.99. The summed E-state index contributed by atoms with van der Waals surface area (Å²) < 4.78 is 5.49. The van der Waals surface area contributed by atoms with E-state index < -0.39 is 6.10 Å². The van der Waals surface area contributed by atoms with Crippen molar-refractivity contribution >= 4 is 5.91 Å². The van der Waals surface area contributed by atoms with Crippen LogP contribution in [0.1, 0.15) is 43.1 Å². The van der Waals surface area contributed by atoms with Crippen LogP contribution in [0.4, 0.5) is 0 Å². The molecule has 0 aromatic heterocycles. The zero-order chi connectivity index (χ0) is 14.3. The lowest BCUT2D eigenvalue weighted by Gasteiger charge is -2.09. The fourth-order valence-corrected chi connectivity index (χ4v) is 1.51. The van der Waals surface area contributed by atoms with E-state index in [0.29, 0.717) is 25.1 Å². The van der Waals surface area contributed by atoms with Crippen molar-refractivity contribution in [1.29, 1.82) is 0 Å². The van der Waals surface area contributed by atoms with Crippen molar-refractivity contribution in [3.8, 4) is 0 Å². The van der Waals surface area contributed by atoms with Crippen molar-refractivity contribution in [1.82, 2.24) is 5.32 Å². The molecule has 1 rings (SSSR count). The minimum Gasteiger partial charge on any atom is -0.393 e. The number of nitrogens with one attached hydrogen (secondary N) is 1. The molecule has 4 nitrogen and oxygen atoms in total. The lowest BCUT2D eigenvalue weighted by Crippen LogP contribution is -2.26. The van der Waals surface area contributed by atoms with Crippen molar-refractivity contribution in [3.63, 3.8) is 0 Å². The molecule has 0 bridgehead atoms. The standard InChI is InChI=1S/C15H23NO3/c1-11(2)19-10-13-4-6-14(7-5-13)15(18)16-9-8-12(3)17/h4-7,11-12,17H,8-10H2,1-3H3,(H,16,18). The Bertz CT molecular complexity index is 385. The Balaban J connectivity index is 2.44. The number of rotatable bonds is 7. The molecule has 19 heavy (non-hydrogen) atoms. The van der Waals surface area contributed by atoms with Gasteiger partial charge in [0.25, 0.3) is 5.91 Å². The summed E-state index contributed by atoms with van der Waals surface area (Å²) in [6.45, 7) is 6.72. The van der Waals surface area contributed by atoms with Crippen LogP contribution in [0.25, 0.3) is 0 Å². The summed E-state index contributed by atoms with van der Waals surface area (Å²) in [6, 6.07) is 7.37. The van der Waals surface area contributed by atoms with Crippen LogP contribution in [0.5, 0.6) is 0 Å². The van der Waals surface area contributed by atoms with Crippen LogP contribution in [-0.2, 0) is 11.3 Å². The molecule has 106 valence electrons. The average molecular weight is 265 g/mol. The fraction of sp³-hybridized carbons (Fsp3) is 0.533. The summed E-state index contributed by atoms with van der Waals surface area (Å²) in [5.41, 5.74) is 1.67. The van der Waals surface area contributed by atoms with Gasteiger partial charge in [0.05, 0.1) is 18.8 Å². The van der Waals surface area contributed by atoms with Gasteiger partial charge in [0, 0.05) is 12.1 Å². The summed E-state index contributed by atoms with van der Waals surface area (Å²) >= 11 is 0. The Hall–Kier alpha value is -1.39. The normalized spacial score (nSPS) is 12.5. The summed E-state index contributed by atoms with van der Waals surface area (Å²) in [4.78, 5) is 11.8. The van der Waals surface area contributed by atoms with Crippen LogP contribution in [0.15, 0.2) is 24.3 Å². The minimum atomic E-state index is -0.393. The Morgan fingerprint density at radius 2 is 1.89 bits per heavy atom. The third-order valence-corrected chi connectivity index (χ3v) is 2.65. The van der Waals surface area contributed by atoms with Crippen molar-refractivity contribution < 1.29 is 14.6 Å². The molecular weight excluding hydrogens is 242 g/mol. The highest BCUT2D eigenvalue weighted by atomic mass is 16.5. The third kappa shape index (κ3) is 6.36. The van der Waals surface area contributed by atoms with Crippen LogP contribution >= 0.6 is 0 Å². The van der Waals surface area contributed by atoms with Gasteiger partial charge >= 0.3 is 0 Å². The number of carbonyl (C=O) groups excluding carboxylic acids is 1. The number of benzene rings is 1. The molecule has 0 saturated carbocycles. The number of hydrogen-bond acceptors (Lipinski definition) is 3. The molecule has 0 spiro atoms. The number of aliphatic hydroxyl groups excluding tert-OH is 1. The maximum absolute atomic E-state index is 11.8. The van der Waals surface area contributed by atoms with Gasteiger partial charge in [-0.25, -0.2) is 0 Å². The van der Waals surface area contributed by atoms with E-state index in [0.717, 1.165) is 5.56 Å². The molecule has 1 amide bonds. The van der Waals surface area contributed by atoms with Gasteiger partial charge in [-0.15, -0.1) is 0 Å². The van der Waals surface area contributed by atoms with E-state index in [1.165, 1.54) is 0 Å². The zero-order valence-corrected chi connectivity index (χ0v) is 11.8. The summed E-state index contributed by atoms with van der Waals surface area (Å²) in [5.74, 6) is -0.114. The van der Waals surface area contributed by atoms with E-state index >= 15 is 0 Å². The first kappa shape index (κ1) is 15.7. The molecule has 0 aliphatic heterocycles. The van der Waals surface area contributed by atoms with Gasteiger partial charge in [-0.2, -0.15) is 0 Å². The predicted molar refractivity (Wildman–Crippen MR) is 75.0 cm³/mol. The smallest absolute Gasteiger partial charge is 0.251 e. The molecule has 1 atom stereocenters. The van der Waals surface area contributed by atoms with E-state index in [1.54, 1.807) is 19.1 Å². The molecule has 0 fully saturated rings. The van der Waals surface area contributed by atoms with E-state index in [9.17, 15) is 4.79 Å². The van der Waals surface area contributed by atoms with Gasteiger partial charge in [-0.05, 0) is 44.9 Å². The van der Waals surface area contributed by atoms with Crippen LogP contribution in [0.2, 0.25) is 0 Å². The van der Waals surface area contributed by atoms with E-state index in [4.69, 9.17) is 9.84 Å². The highest BCUT2D eigenvalue weighted by Gasteiger charge is 2.05. The lowest BCUT2D eigenvalue weighted by molar-refractivity contribution is 0.0656. The Morgan fingerprint density at radius 1 is 1.26 bits per heavy atom. The molecule has 0 aliphatic carbocycles. The van der Waals surface area contributed by atoms with Crippen LogP contribution in [0, 0.1) is 0 Å². The minimum absolute atomic E-state index is 0.114. The summed E-state index contributed by atoms with van der Waals surface area (Å²) in [5, 5.41) is 11.9. The molecule has 1 unspecified atom stereocenters. The summed E-state index contributed by atoms with van der Waals surface area (Å²) in [7, 11) is 0. The van der Waals surface area contributed by atoms with E-state index in [-0.39, 0.29) is 12.0 Å². The van der Waals surface area contributed by atoms with E-state index in [1.807, 2.05) is 26.0 Å². The second-order valence-electron chi connectivity index (χ2n) is 4.95. The predicted octanol–water partition coefficient (Wildman–Crippen LogP) is 2.11. The van der Waals surface area contributed by atoms with Crippen molar-refractivity contribution in [2.45, 2.75) is 46.0 Å². The average Bonchev–Trinajstić information content (AvgIpc) is 2.36. The lowest BCUT2D eigenvalue weighted by atomic mass is 10.1. The molecule has 2 N–H and O–H groups in total. The van der Waals surface area contributed by atoms with Crippen LogP contribution < -0.4 is 5.32 Å². The van der Waals surface area contributed by atoms with Gasteiger partial charge in [-0.3, -0.25) is 4.79 Å². The Kier molecular flexibility index (Phi) is 6.53. The molecule has 1 aromatic carbocycles. The second-order valence-corrected chi connectivity index (χ2v) is 4.95. The Labute approximate surface area is 114 Å². The maximum atomic E-state index is 11.8. The van der Waals surface area contributed by atoms with Gasteiger partial charge in [0.1, 0.15) is 0 Å². The molecular formula is C15H23NO3. The first-order valence-electron chi connectivity index (χ1n) is 6.66. The van der Waals surface area contributed by atoms with Gasteiger partial charge in [0.2, 0.25) is 0 Å². The van der Waals surface area contributed by atoms with Crippen LogP contribution in [0.3, 0.4) is 0 Å². The second kappa shape index (κ2) is 7.92. The SMILES string of the molecule is CC(O)CCNC(=O)c1ccc(COC(C)C)cc1. The summed E-state index contributed by atoms with van der Waals surface area (Å²) in [6.07, 6.45) is 0.366. The number of carbonyl (C=O) groups is 1. The highest BCUT2D eigenvalue weighted by molar-refractivity contribution is 5.94. The fourth-order valence-electron chi connectivity index (χ4n) is 1.51. The maximum Gasteiger partial charge on any atom is 0.251 e. The molecule has 0 radical (unpaired) electrons. The number of hydrogen-bond donors (Lipinski definition) is 2. The topological polar surface area (TPSA) is 58.6 Å². The monoisotopic (exact) mass is 265 g/mol. The highest BCUT2D eigenvalue weighted by Crippen LogP contribution is 2.07. The number of aliphatic hydroxyl groups is 1. The molecule has 0 heterocycles. The Morgan fingerprint density at radius 3 is 2.42 bits per heavy atom. The van der Waals surface area contributed by atoms with Crippen molar-refractivity contribution in [3.05, 3.63) is 35.4 Å². The van der Waals surface area contributed by atoms with Crippen molar-refractivity contribution in [2.24, 2.45) is 0 Å². The van der Waals surface area contributed by atoms with E-state index in [2.05, 4.69) is 5.32 Å². The molecule has 0 aliphatic rings. The van der Waals surface area contributed by atoms with Gasteiger partial charge in [-0.1, -0.05) is 12.1 Å². The van der Waals surface area contributed by atoms with Crippen molar-refractivity contribution in [2.75, 3.05) is 6.54 Å². The van der Waals surface area contributed by atoms with Gasteiger partial charge < -0.3 is 15.2 Å². The molecule has 1 aromatic rings. The van der Waals surface area contributed by atoms with Gasteiger partial charge in [0.15, 0.2) is 0 Å². The molecule has 0 saturated heterocycles. The molecule has 4 heteroatoms. The third-order valence-electron chi connectivity index (χ3n) is 2.65. The largest absolute Gasteiger partial charge is 0.393 e.